The molecule has 0 atom stereocenters. The zero-order chi connectivity index (χ0) is 6.91. The predicted molar refractivity (Wildman–Crippen MR) is 29.8 cm³/mol. The topological polar surface area (TPSA) is 43.4 Å². The Morgan fingerprint density at radius 1 is 1.67 bits per heavy atom. The van der Waals surface area contributed by atoms with Crippen molar-refractivity contribution in [3.63, 3.8) is 0 Å². The molecule has 1 aliphatic carbocycles. The summed E-state index contributed by atoms with van der Waals surface area (Å²) in [5.74, 6) is -0.0467. The molecule has 0 radical (unpaired) electrons. The highest BCUT2D eigenvalue weighted by Gasteiger charge is 2.49. The lowest BCUT2D eigenvalue weighted by Crippen LogP contribution is -2.22. The standard InChI is InChI=1S/C6H8O3/c1-5(8)6(2-3-6)9-4-7/h4H,2-3H2,1H3. The van der Waals surface area contributed by atoms with Crippen LogP contribution in [0.2, 0.25) is 0 Å². The largest absolute Gasteiger partial charge is 0.453 e. The first-order valence-corrected chi connectivity index (χ1v) is 2.84. The van der Waals surface area contributed by atoms with Crippen LogP contribution in [-0.4, -0.2) is 17.9 Å². The molecule has 0 aromatic heterocycles. The first-order chi connectivity index (χ1) is 4.21. The molecule has 0 N–H and O–H groups in total. The summed E-state index contributed by atoms with van der Waals surface area (Å²) in [6, 6.07) is 0. The highest BCUT2D eigenvalue weighted by Crippen LogP contribution is 2.39. The van der Waals surface area contributed by atoms with Crippen LogP contribution in [0, 0.1) is 0 Å². The third-order valence-electron chi connectivity index (χ3n) is 1.62. The highest BCUT2D eigenvalue weighted by molar-refractivity contribution is 5.88. The Kier molecular flexibility index (Phi) is 1.27. The summed E-state index contributed by atoms with van der Waals surface area (Å²) < 4.78 is 4.57. The van der Waals surface area contributed by atoms with Crippen molar-refractivity contribution in [1.82, 2.24) is 0 Å². The first kappa shape index (κ1) is 6.26. The number of ether oxygens (including phenoxy) is 1. The second-order valence-corrected chi connectivity index (χ2v) is 2.26. The molecule has 1 rings (SSSR count). The molecule has 0 bridgehead atoms. The van der Waals surface area contributed by atoms with Gasteiger partial charge in [0.05, 0.1) is 0 Å². The van der Waals surface area contributed by atoms with Crippen molar-refractivity contribution < 1.29 is 14.3 Å². The highest BCUT2D eigenvalue weighted by atomic mass is 16.5. The number of hydrogen-bond donors (Lipinski definition) is 0. The maximum Gasteiger partial charge on any atom is 0.294 e. The van der Waals surface area contributed by atoms with Gasteiger partial charge >= 0.3 is 0 Å². The van der Waals surface area contributed by atoms with Gasteiger partial charge in [0.2, 0.25) is 0 Å². The molecule has 0 saturated heterocycles. The smallest absolute Gasteiger partial charge is 0.294 e. The molecule has 9 heavy (non-hydrogen) atoms. The minimum atomic E-state index is -0.707. The molecule has 50 valence electrons. The number of ketones is 1. The molecule has 0 aromatic carbocycles. The molecule has 0 spiro atoms. The fraction of sp³-hybridized carbons (Fsp3) is 0.667. The Hall–Kier alpha value is -0.860. The van der Waals surface area contributed by atoms with Crippen molar-refractivity contribution in [1.29, 1.82) is 0 Å². The van der Waals surface area contributed by atoms with E-state index in [0.717, 1.165) is 0 Å². The Balaban J connectivity index is 2.52. The molecule has 3 nitrogen and oxygen atoms in total. The van der Waals surface area contributed by atoms with Crippen molar-refractivity contribution in [2.45, 2.75) is 25.4 Å². The van der Waals surface area contributed by atoms with E-state index in [4.69, 9.17) is 0 Å². The second-order valence-electron chi connectivity index (χ2n) is 2.26. The van der Waals surface area contributed by atoms with Crippen molar-refractivity contribution in [3.8, 4) is 0 Å². The van der Waals surface area contributed by atoms with E-state index >= 15 is 0 Å². The van der Waals surface area contributed by atoms with Crippen LogP contribution in [0.5, 0.6) is 0 Å². The van der Waals surface area contributed by atoms with Gasteiger partial charge in [0.1, 0.15) is 0 Å². The van der Waals surface area contributed by atoms with Gasteiger partial charge in [0.25, 0.3) is 6.47 Å². The molecule has 0 amide bonds. The van der Waals surface area contributed by atoms with Gasteiger partial charge in [0, 0.05) is 0 Å². The lowest BCUT2D eigenvalue weighted by Gasteiger charge is -2.06. The fourth-order valence-corrected chi connectivity index (χ4v) is 0.759. The van der Waals surface area contributed by atoms with Crippen LogP contribution in [-0.2, 0) is 14.3 Å². The SMILES string of the molecule is CC(=O)C1(OC=O)CC1. The number of carbonyl (C=O) groups excluding carboxylic acids is 2. The maximum absolute atomic E-state index is 10.6. The Morgan fingerprint density at radius 3 is 2.33 bits per heavy atom. The van der Waals surface area contributed by atoms with Crippen LogP contribution in [0.15, 0.2) is 0 Å². The summed E-state index contributed by atoms with van der Waals surface area (Å²) in [5.41, 5.74) is -0.707. The van der Waals surface area contributed by atoms with Gasteiger partial charge in [-0.25, -0.2) is 0 Å². The lowest BCUT2D eigenvalue weighted by molar-refractivity contribution is -0.145. The molecular weight excluding hydrogens is 120 g/mol. The lowest BCUT2D eigenvalue weighted by atomic mass is 10.2. The van der Waals surface area contributed by atoms with Crippen LogP contribution in [0.1, 0.15) is 19.8 Å². The molecule has 0 heterocycles. The molecule has 0 unspecified atom stereocenters. The molecule has 0 aliphatic heterocycles. The van der Waals surface area contributed by atoms with Crippen LogP contribution in [0.3, 0.4) is 0 Å². The fourth-order valence-electron chi connectivity index (χ4n) is 0.759. The van der Waals surface area contributed by atoms with Gasteiger partial charge in [-0.1, -0.05) is 0 Å². The van der Waals surface area contributed by atoms with Gasteiger partial charge < -0.3 is 4.74 Å². The van der Waals surface area contributed by atoms with E-state index < -0.39 is 5.60 Å². The average Bonchev–Trinajstić information content (AvgIpc) is 2.49. The van der Waals surface area contributed by atoms with Gasteiger partial charge in [0.15, 0.2) is 11.4 Å². The minimum Gasteiger partial charge on any atom is -0.453 e. The average molecular weight is 128 g/mol. The maximum atomic E-state index is 10.6. The summed E-state index contributed by atoms with van der Waals surface area (Å²) in [5, 5.41) is 0. The van der Waals surface area contributed by atoms with Gasteiger partial charge in [-0.05, 0) is 19.8 Å². The monoisotopic (exact) mass is 128 g/mol. The molecule has 1 fully saturated rings. The number of carbonyl (C=O) groups is 2. The van der Waals surface area contributed by atoms with Crippen LogP contribution >= 0.6 is 0 Å². The minimum absolute atomic E-state index is 0.0467. The van der Waals surface area contributed by atoms with Crippen LogP contribution < -0.4 is 0 Å². The summed E-state index contributed by atoms with van der Waals surface area (Å²) in [4.78, 5) is 20.4. The third-order valence-corrected chi connectivity index (χ3v) is 1.62. The van der Waals surface area contributed by atoms with E-state index in [-0.39, 0.29) is 5.78 Å². The molecule has 3 heteroatoms. The zero-order valence-corrected chi connectivity index (χ0v) is 5.22. The molecule has 0 aromatic rings. The van der Waals surface area contributed by atoms with E-state index in [0.29, 0.717) is 19.3 Å². The van der Waals surface area contributed by atoms with E-state index in [1.807, 2.05) is 0 Å². The van der Waals surface area contributed by atoms with E-state index in [2.05, 4.69) is 4.74 Å². The van der Waals surface area contributed by atoms with Crippen molar-refractivity contribution in [2.75, 3.05) is 0 Å². The van der Waals surface area contributed by atoms with Crippen molar-refractivity contribution in [3.05, 3.63) is 0 Å². The molecule has 1 aliphatic rings. The summed E-state index contributed by atoms with van der Waals surface area (Å²) >= 11 is 0. The van der Waals surface area contributed by atoms with E-state index in [1.165, 1.54) is 6.92 Å². The molecular formula is C6H8O3. The quantitative estimate of drug-likeness (QED) is 0.513. The third kappa shape index (κ3) is 0.943. The Labute approximate surface area is 53.0 Å². The zero-order valence-electron chi connectivity index (χ0n) is 5.22. The van der Waals surface area contributed by atoms with Crippen LogP contribution in [0.25, 0.3) is 0 Å². The summed E-state index contributed by atoms with van der Waals surface area (Å²) in [6.07, 6.45) is 1.39. The second kappa shape index (κ2) is 1.83. The van der Waals surface area contributed by atoms with Gasteiger partial charge in [-0.2, -0.15) is 0 Å². The van der Waals surface area contributed by atoms with Gasteiger partial charge in [-0.3, -0.25) is 9.59 Å². The Morgan fingerprint density at radius 2 is 2.22 bits per heavy atom. The number of hydrogen-bond acceptors (Lipinski definition) is 3. The van der Waals surface area contributed by atoms with Crippen molar-refractivity contribution in [2.24, 2.45) is 0 Å². The number of Topliss-reactive ketones (excluding diaryl/α,β-unsaturated/α-hetero) is 1. The Bertz CT molecular complexity index is 146. The first-order valence-electron chi connectivity index (χ1n) is 2.84. The number of rotatable bonds is 3. The normalized spacial score (nSPS) is 20.6. The summed E-state index contributed by atoms with van der Waals surface area (Å²) in [6.45, 7) is 1.78. The van der Waals surface area contributed by atoms with E-state index in [1.54, 1.807) is 0 Å². The predicted octanol–water partition coefficient (Wildman–Crippen LogP) is 0.281. The summed E-state index contributed by atoms with van der Waals surface area (Å²) in [7, 11) is 0. The van der Waals surface area contributed by atoms with E-state index in [9.17, 15) is 9.59 Å². The van der Waals surface area contributed by atoms with Crippen LogP contribution in [0.4, 0.5) is 0 Å². The van der Waals surface area contributed by atoms with Crippen molar-refractivity contribution >= 4 is 12.3 Å². The van der Waals surface area contributed by atoms with Gasteiger partial charge in [-0.15, -0.1) is 0 Å². The molecule has 1 saturated carbocycles.